The van der Waals surface area contributed by atoms with Gasteiger partial charge in [0, 0.05) is 32.3 Å². The topological polar surface area (TPSA) is 64.7 Å². The number of amides is 1. The third-order valence-electron chi connectivity index (χ3n) is 3.50. The summed E-state index contributed by atoms with van der Waals surface area (Å²) in [5, 5.41) is 12.3. The van der Waals surface area contributed by atoms with Crippen LogP contribution < -0.4 is 5.32 Å². The van der Waals surface area contributed by atoms with Crippen molar-refractivity contribution in [3.63, 3.8) is 0 Å². The molecule has 0 spiro atoms. The molecule has 0 aliphatic rings. The average Bonchev–Trinajstić information content (AvgIpc) is 3.01. The van der Waals surface area contributed by atoms with Crippen LogP contribution in [0.5, 0.6) is 0 Å². The maximum absolute atomic E-state index is 11.8. The summed E-state index contributed by atoms with van der Waals surface area (Å²) < 4.78 is 3.67. The molecule has 0 saturated heterocycles. The van der Waals surface area contributed by atoms with E-state index in [-0.39, 0.29) is 5.91 Å². The second-order valence-corrected chi connectivity index (χ2v) is 5.76. The van der Waals surface area contributed by atoms with E-state index in [1.165, 1.54) is 0 Å². The summed E-state index contributed by atoms with van der Waals surface area (Å²) in [6.07, 6.45) is 3.15. The van der Waals surface area contributed by atoms with Crippen LogP contribution in [-0.4, -0.2) is 32.0 Å². The Kier molecular flexibility index (Phi) is 5.60. The highest BCUT2D eigenvalue weighted by Crippen LogP contribution is 2.18. The standard InChI is InChI=1S/C15H22ClN5O/c1-11-5-9-20(18-11)10-6-14(22)17-7-4-8-21-13(3)15(16)12(2)19-21/h5,9H,4,6-8,10H2,1-3H3,(H,17,22). The van der Waals surface area contributed by atoms with Gasteiger partial charge in [-0.15, -0.1) is 0 Å². The summed E-state index contributed by atoms with van der Waals surface area (Å²) in [6.45, 7) is 7.76. The zero-order valence-electron chi connectivity index (χ0n) is 13.3. The first kappa shape index (κ1) is 16.5. The lowest BCUT2D eigenvalue weighted by Gasteiger charge is -2.07. The molecular formula is C15H22ClN5O. The van der Waals surface area contributed by atoms with Crippen molar-refractivity contribution in [1.82, 2.24) is 24.9 Å². The molecule has 0 aromatic carbocycles. The van der Waals surface area contributed by atoms with Crippen molar-refractivity contribution in [3.8, 4) is 0 Å². The Hall–Kier alpha value is -1.82. The van der Waals surface area contributed by atoms with Gasteiger partial charge in [0.1, 0.15) is 0 Å². The number of halogens is 1. The van der Waals surface area contributed by atoms with Crippen LogP contribution in [0.3, 0.4) is 0 Å². The Balaban J connectivity index is 1.65. The van der Waals surface area contributed by atoms with E-state index in [4.69, 9.17) is 11.6 Å². The molecule has 2 heterocycles. The SMILES string of the molecule is Cc1ccn(CCC(=O)NCCCn2nc(C)c(Cl)c2C)n1. The van der Waals surface area contributed by atoms with E-state index in [2.05, 4.69) is 15.5 Å². The Labute approximate surface area is 135 Å². The van der Waals surface area contributed by atoms with Crippen molar-refractivity contribution in [2.24, 2.45) is 0 Å². The van der Waals surface area contributed by atoms with Crippen LogP contribution in [0.4, 0.5) is 0 Å². The number of hydrogen-bond acceptors (Lipinski definition) is 3. The van der Waals surface area contributed by atoms with Gasteiger partial charge in [-0.25, -0.2) is 0 Å². The molecule has 2 rings (SSSR count). The monoisotopic (exact) mass is 323 g/mol. The van der Waals surface area contributed by atoms with E-state index < -0.39 is 0 Å². The summed E-state index contributed by atoms with van der Waals surface area (Å²) in [6, 6.07) is 1.93. The minimum Gasteiger partial charge on any atom is -0.356 e. The molecule has 0 radical (unpaired) electrons. The van der Waals surface area contributed by atoms with Crippen molar-refractivity contribution in [2.45, 2.75) is 46.7 Å². The molecule has 2 aromatic rings. The maximum Gasteiger partial charge on any atom is 0.221 e. The van der Waals surface area contributed by atoms with Crippen molar-refractivity contribution in [3.05, 3.63) is 34.4 Å². The highest BCUT2D eigenvalue weighted by molar-refractivity contribution is 6.31. The molecule has 120 valence electrons. The first-order valence-electron chi connectivity index (χ1n) is 7.43. The number of aromatic nitrogens is 4. The van der Waals surface area contributed by atoms with Gasteiger partial charge in [-0.3, -0.25) is 14.2 Å². The highest BCUT2D eigenvalue weighted by atomic mass is 35.5. The van der Waals surface area contributed by atoms with Gasteiger partial charge in [-0.1, -0.05) is 11.6 Å². The molecular weight excluding hydrogens is 302 g/mol. The fourth-order valence-electron chi connectivity index (χ4n) is 2.24. The highest BCUT2D eigenvalue weighted by Gasteiger charge is 2.08. The van der Waals surface area contributed by atoms with Crippen LogP contribution in [0.1, 0.15) is 29.9 Å². The molecule has 22 heavy (non-hydrogen) atoms. The molecule has 1 amide bonds. The lowest BCUT2D eigenvalue weighted by molar-refractivity contribution is -0.121. The van der Waals surface area contributed by atoms with Crippen molar-refractivity contribution < 1.29 is 4.79 Å². The second-order valence-electron chi connectivity index (χ2n) is 5.38. The van der Waals surface area contributed by atoms with Gasteiger partial charge in [0.2, 0.25) is 5.91 Å². The largest absolute Gasteiger partial charge is 0.356 e. The normalized spacial score (nSPS) is 10.9. The Morgan fingerprint density at radius 3 is 2.64 bits per heavy atom. The number of rotatable bonds is 7. The number of carbonyl (C=O) groups excluding carboxylic acids is 1. The first-order chi connectivity index (χ1) is 10.5. The van der Waals surface area contributed by atoms with Crippen LogP contribution >= 0.6 is 11.6 Å². The van der Waals surface area contributed by atoms with Gasteiger partial charge in [0.25, 0.3) is 0 Å². The van der Waals surface area contributed by atoms with Gasteiger partial charge < -0.3 is 5.32 Å². The summed E-state index contributed by atoms with van der Waals surface area (Å²) in [4.78, 5) is 11.8. The number of aryl methyl sites for hydroxylation is 4. The van der Waals surface area contributed by atoms with E-state index >= 15 is 0 Å². The van der Waals surface area contributed by atoms with Crippen LogP contribution in [-0.2, 0) is 17.9 Å². The molecule has 0 saturated carbocycles. The number of carbonyl (C=O) groups is 1. The van der Waals surface area contributed by atoms with E-state index in [0.717, 1.165) is 35.1 Å². The van der Waals surface area contributed by atoms with Crippen LogP contribution in [0.25, 0.3) is 0 Å². The molecule has 6 nitrogen and oxygen atoms in total. The fraction of sp³-hybridized carbons (Fsp3) is 0.533. The smallest absolute Gasteiger partial charge is 0.221 e. The Bertz CT molecular complexity index is 646. The van der Waals surface area contributed by atoms with Crippen LogP contribution in [0.15, 0.2) is 12.3 Å². The molecule has 1 N–H and O–H groups in total. The summed E-state index contributed by atoms with van der Waals surface area (Å²) in [5.41, 5.74) is 2.78. The zero-order valence-corrected chi connectivity index (χ0v) is 14.0. The number of hydrogen-bond donors (Lipinski definition) is 1. The lowest BCUT2D eigenvalue weighted by atomic mass is 10.3. The van der Waals surface area contributed by atoms with Crippen LogP contribution in [0.2, 0.25) is 5.02 Å². The van der Waals surface area contributed by atoms with Gasteiger partial charge in [-0.2, -0.15) is 10.2 Å². The third kappa shape index (κ3) is 4.34. The molecule has 0 aliphatic carbocycles. The van der Waals surface area contributed by atoms with Crippen molar-refractivity contribution in [1.29, 1.82) is 0 Å². The molecule has 0 unspecified atom stereocenters. The van der Waals surface area contributed by atoms with Gasteiger partial charge in [0.15, 0.2) is 0 Å². The minimum atomic E-state index is 0.0413. The molecule has 2 aromatic heterocycles. The van der Waals surface area contributed by atoms with E-state index in [9.17, 15) is 4.79 Å². The van der Waals surface area contributed by atoms with Crippen molar-refractivity contribution in [2.75, 3.05) is 6.54 Å². The van der Waals surface area contributed by atoms with Gasteiger partial charge in [-0.05, 0) is 33.3 Å². The molecule has 0 atom stereocenters. The Morgan fingerprint density at radius 2 is 2.05 bits per heavy atom. The molecule has 7 heteroatoms. The fourth-order valence-corrected chi connectivity index (χ4v) is 2.38. The minimum absolute atomic E-state index is 0.0413. The maximum atomic E-state index is 11.8. The Morgan fingerprint density at radius 1 is 1.27 bits per heavy atom. The van der Waals surface area contributed by atoms with Gasteiger partial charge >= 0.3 is 0 Å². The number of nitrogens with zero attached hydrogens (tertiary/aromatic N) is 4. The predicted octanol–water partition coefficient (Wildman–Crippen LogP) is 2.25. The zero-order chi connectivity index (χ0) is 16.1. The molecule has 0 bridgehead atoms. The third-order valence-corrected chi connectivity index (χ3v) is 4.05. The van der Waals surface area contributed by atoms with E-state index in [0.29, 0.717) is 19.5 Å². The average molecular weight is 324 g/mol. The summed E-state index contributed by atoms with van der Waals surface area (Å²) >= 11 is 6.10. The first-order valence-corrected chi connectivity index (χ1v) is 7.81. The molecule has 0 fully saturated rings. The summed E-state index contributed by atoms with van der Waals surface area (Å²) in [7, 11) is 0. The second kappa shape index (κ2) is 7.45. The van der Waals surface area contributed by atoms with E-state index in [1.54, 1.807) is 4.68 Å². The van der Waals surface area contributed by atoms with Crippen molar-refractivity contribution >= 4 is 17.5 Å². The predicted molar refractivity (Wildman–Crippen MR) is 85.9 cm³/mol. The summed E-state index contributed by atoms with van der Waals surface area (Å²) in [5.74, 6) is 0.0413. The quantitative estimate of drug-likeness (QED) is 0.795. The lowest BCUT2D eigenvalue weighted by Crippen LogP contribution is -2.26. The van der Waals surface area contributed by atoms with E-state index in [1.807, 2.05) is 37.7 Å². The number of nitrogens with one attached hydrogen (secondary N) is 1. The van der Waals surface area contributed by atoms with Crippen LogP contribution in [0, 0.1) is 20.8 Å². The molecule has 0 aliphatic heterocycles. The van der Waals surface area contributed by atoms with Gasteiger partial charge in [0.05, 0.1) is 22.1 Å².